The van der Waals surface area contributed by atoms with Gasteiger partial charge in [0.25, 0.3) is 0 Å². The number of benzene rings is 1. The maximum Gasteiger partial charge on any atom is 0.230 e. The number of halogens is 1. The van der Waals surface area contributed by atoms with Crippen LogP contribution < -0.4 is 5.32 Å². The molecule has 0 unspecified atom stereocenters. The molecular weight excluding hydrogens is 415 g/mol. The van der Waals surface area contributed by atoms with Crippen molar-refractivity contribution in [2.75, 3.05) is 5.32 Å². The normalized spacial score (nSPS) is 27.2. The van der Waals surface area contributed by atoms with Gasteiger partial charge in [-0.3, -0.25) is 9.78 Å². The topological polar surface area (TPSA) is 78.7 Å². The predicted molar refractivity (Wildman–Crippen MR) is 123 cm³/mol. The van der Waals surface area contributed by atoms with E-state index in [-0.39, 0.29) is 17.1 Å². The molecular formula is C27H25FN4O. The van der Waals surface area contributed by atoms with Crippen molar-refractivity contribution in [3.8, 4) is 6.07 Å². The lowest BCUT2D eigenvalue weighted by atomic mass is 9.82. The number of hydrogen-bond donors (Lipinski definition) is 1. The summed E-state index contributed by atoms with van der Waals surface area (Å²) in [5, 5.41) is 12.9. The van der Waals surface area contributed by atoms with E-state index in [9.17, 15) is 9.18 Å². The third kappa shape index (κ3) is 3.47. The molecule has 1 N–H and O–H groups in total. The molecule has 6 heteroatoms. The number of aromatic nitrogens is 2. The van der Waals surface area contributed by atoms with Crippen molar-refractivity contribution in [1.29, 1.82) is 5.26 Å². The molecule has 0 spiro atoms. The van der Waals surface area contributed by atoms with Crippen molar-refractivity contribution in [2.24, 2.45) is 23.2 Å². The quantitative estimate of drug-likeness (QED) is 0.574. The van der Waals surface area contributed by atoms with Gasteiger partial charge < -0.3 is 5.32 Å². The highest BCUT2D eigenvalue weighted by Gasteiger charge is 2.59. The Kier molecular flexibility index (Phi) is 4.69. The van der Waals surface area contributed by atoms with Gasteiger partial charge in [-0.2, -0.15) is 5.26 Å². The first kappa shape index (κ1) is 20.3. The minimum atomic E-state index is -0.250. The smallest absolute Gasteiger partial charge is 0.230 e. The number of anilines is 1. The Bertz CT molecular complexity index is 1260. The molecule has 3 saturated carbocycles. The number of nitriles is 1. The lowest BCUT2D eigenvalue weighted by Crippen LogP contribution is -2.30. The molecule has 166 valence electrons. The van der Waals surface area contributed by atoms with Crippen molar-refractivity contribution in [3.05, 3.63) is 65.9 Å². The van der Waals surface area contributed by atoms with E-state index >= 15 is 0 Å². The van der Waals surface area contributed by atoms with E-state index in [2.05, 4.69) is 21.4 Å². The van der Waals surface area contributed by atoms with Crippen LogP contribution in [0.5, 0.6) is 0 Å². The van der Waals surface area contributed by atoms with Crippen LogP contribution >= 0.6 is 0 Å². The number of nitrogens with one attached hydrogen (secondary N) is 1. The molecule has 6 rings (SSSR count). The summed E-state index contributed by atoms with van der Waals surface area (Å²) < 4.78 is 13.9. The van der Waals surface area contributed by atoms with Gasteiger partial charge in [0.2, 0.25) is 5.91 Å². The highest BCUT2D eigenvalue weighted by Crippen LogP contribution is 2.63. The standard InChI is InChI=1S/C27H25FN4O/c28-20-1-4-25-24(13-20)23(5-8-30-25)18-9-16-11-19(12-17(16)10-18)27(6-7-27)26(33)32-22-3-2-21(14-29)31-15-22/h1-5,8,13,15-19H,6-7,9-12H2,(H,32,33)/t16-,17+,18-,19-. The fraction of sp³-hybridized carbons (Fsp3) is 0.407. The second kappa shape index (κ2) is 7.62. The highest BCUT2D eigenvalue weighted by atomic mass is 19.1. The van der Waals surface area contributed by atoms with Crippen molar-refractivity contribution >= 4 is 22.5 Å². The predicted octanol–water partition coefficient (Wildman–Crippen LogP) is 5.58. The molecule has 4 atom stereocenters. The van der Waals surface area contributed by atoms with Crippen LogP contribution in [-0.4, -0.2) is 15.9 Å². The van der Waals surface area contributed by atoms with Crippen molar-refractivity contribution < 1.29 is 9.18 Å². The van der Waals surface area contributed by atoms with Gasteiger partial charge in [-0.05, 0) is 104 Å². The van der Waals surface area contributed by atoms with Crippen LogP contribution in [0.25, 0.3) is 10.9 Å². The summed E-state index contributed by atoms with van der Waals surface area (Å²) >= 11 is 0. The van der Waals surface area contributed by atoms with Gasteiger partial charge >= 0.3 is 0 Å². The van der Waals surface area contributed by atoms with Crippen molar-refractivity contribution in [2.45, 2.75) is 44.4 Å². The van der Waals surface area contributed by atoms with Gasteiger partial charge in [-0.15, -0.1) is 0 Å². The molecule has 2 aromatic heterocycles. The van der Waals surface area contributed by atoms with Crippen LogP contribution in [0, 0.1) is 40.3 Å². The molecule has 3 aliphatic rings. The lowest BCUT2D eigenvalue weighted by Gasteiger charge is -2.24. The first-order valence-corrected chi connectivity index (χ1v) is 11.8. The number of nitrogens with zero attached hydrogens (tertiary/aromatic N) is 3. The molecule has 3 aromatic rings. The van der Waals surface area contributed by atoms with E-state index in [1.807, 2.05) is 12.3 Å². The fourth-order valence-electron chi connectivity index (χ4n) is 6.56. The van der Waals surface area contributed by atoms with Crippen LogP contribution in [0.15, 0.2) is 48.8 Å². The Morgan fingerprint density at radius 2 is 1.85 bits per heavy atom. The first-order chi connectivity index (χ1) is 16.1. The largest absolute Gasteiger partial charge is 0.324 e. The third-order valence-corrected chi connectivity index (χ3v) is 8.35. The van der Waals surface area contributed by atoms with Crippen LogP contribution in [0.1, 0.15) is 55.7 Å². The van der Waals surface area contributed by atoms with Gasteiger partial charge in [-0.25, -0.2) is 9.37 Å². The molecule has 0 radical (unpaired) electrons. The summed E-state index contributed by atoms with van der Waals surface area (Å²) in [6.07, 6.45) is 9.70. The molecule has 0 saturated heterocycles. The average Bonchev–Trinajstić information content (AvgIpc) is 3.40. The molecule has 3 fully saturated rings. The Labute approximate surface area is 192 Å². The Morgan fingerprint density at radius 1 is 1.06 bits per heavy atom. The van der Waals surface area contributed by atoms with E-state index in [0.717, 1.165) is 49.4 Å². The summed E-state index contributed by atoms with van der Waals surface area (Å²) in [5.41, 5.74) is 2.82. The summed E-state index contributed by atoms with van der Waals surface area (Å²) in [5.74, 6) is 1.99. The number of carbonyl (C=O) groups excluding carboxylic acids is 1. The first-order valence-electron chi connectivity index (χ1n) is 11.8. The van der Waals surface area contributed by atoms with Gasteiger partial charge in [0.05, 0.1) is 22.8 Å². The van der Waals surface area contributed by atoms with Gasteiger partial charge in [0.15, 0.2) is 0 Å². The molecule has 0 bridgehead atoms. The Hall–Kier alpha value is -3.33. The second-order valence-corrected chi connectivity index (χ2v) is 10.1. The third-order valence-electron chi connectivity index (χ3n) is 8.35. The summed E-state index contributed by atoms with van der Waals surface area (Å²) in [6, 6.07) is 12.3. The SMILES string of the molecule is N#Cc1ccc(NC(=O)C2([C@@H]3C[C@H]4C[C@@H](c5ccnc6ccc(F)cc56)C[C@H]4C3)CC2)cn1. The number of carbonyl (C=O) groups is 1. The summed E-state index contributed by atoms with van der Waals surface area (Å²) in [7, 11) is 0. The minimum Gasteiger partial charge on any atom is -0.324 e. The van der Waals surface area contributed by atoms with E-state index < -0.39 is 0 Å². The van der Waals surface area contributed by atoms with Crippen LogP contribution in [0.2, 0.25) is 0 Å². The lowest BCUT2D eigenvalue weighted by molar-refractivity contribution is -0.123. The molecule has 33 heavy (non-hydrogen) atoms. The molecule has 1 amide bonds. The molecule has 0 aliphatic heterocycles. The number of hydrogen-bond acceptors (Lipinski definition) is 4. The summed E-state index contributed by atoms with van der Waals surface area (Å²) in [4.78, 5) is 21.6. The zero-order valence-electron chi connectivity index (χ0n) is 18.3. The highest BCUT2D eigenvalue weighted by molar-refractivity contribution is 5.97. The maximum atomic E-state index is 13.9. The average molecular weight is 441 g/mol. The van der Waals surface area contributed by atoms with Gasteiger partial charge in [-0.1, -0.05) is 0 Å². The Balaban J connectivity index is 1.15. The van der Waals surface area contributed by atoms with Crippen LogP contribution in [0.3, 0.4) is 0 Å². The van der Waals surface area contributed by atoms with E-state index in [4.69, 9.17) is 5.26 Å². The van der Waals surface area contributed by atoms with Gasteiger partial charge in [0.1, 0.15) is 17.6 Å². The molecule has 2 heterocycles. The maximum absolute atomic E-state index is 13.9. The monoisotopic (exact) mass is 440 g/mol. The zero-order valence-corrected chi connectivity index (χ0v) is 18.3. The number of amides is 1. The number of fused-ring (bicyclic) bond motifs is 2. The van der Waals surface area contributed by atoms with E-state index in [0.29, 0.717) is 35.1 Å². The van der Waals surface area contributed by atoms with Crippen LogP contribution in [-0.2, 0) is 4.79 Å². The minimum absolute atomic E-state index is 0.103. The molecule has 3 aliphatic carbocycles. The van der Waals surface area contributed by atoms with Crippen LogP contribution in [0.4, 0.5) is 10.1 Å². The molecule has 5 nitrogen and oxygen atoms in total. The summed E-state index contributed by atoms with van der Waals surface area (Å²) in [6.45, 7) is 0. The zero-order chi connectivity index (χ0) is 22.6. The second-order valence-electron chi connectivity index (χ2n) is 10.1. The van der Waals surface area contributed by atoms with E-state index in [1.165, 1.54) is 11.6 Å². The Morgan fingerprint density at radius 3 is 2.52 bits per heavy atom. The molecule has 1 aromatic carbocycles. The van der Waals surface area contributed by atoms with E-state index in [1.54, 1.807) is 30.5 Å². The fourth-order valence-corrected chi connectivity index (χ4v) is 6.56. The van der Waals surface area contributed by atoms with Gasteiger partial charge in [0, 0.05) is 11.6 Å². The number of pyridine rings is 2. The number of rotatable bonds is 4. The van der Waals surface area contributed by atoms with Crippen molar-refractivity contribution in [1.82, 2.24) is 9.97 Å². The van der Waals surface area contributed by atoms with Crippen molar-refractivity contribution in [3.63, 3.8) is 0 Å².